The molecule has 0 aliphatic carbocycles. The molecule has 0 spiro atoms. The Labute approximate surface area is 260 Å². The molecular formula is C37H57N4O2+. The van der Waals surface area contributed by atoms with Gasteiger partial charge in [-0.2, -0.15) is 0 Å². The molecule has 0 bridgehead atoms. The number of quaternary nitrogens is 1. The first-order valence-electron chi connectivity index (χ1n) is 16.8. The minimum atomic E-state index is -0.621. The Morgan fingerprint density at radius 2 is 1.30 bits per heavy atom. The number of likely N-dealkylation sites (N-methyl/N-ethyl adjacent to an activating group) is 1. The Kier molecular flexibility index (Phi) is 14.8. The zero-order chi connectivity index (χ0) is 30.9. The fourth-order valence-electron chi connectivity index (χ4n) is 5.85. The molecule has 6 nitrogen and oxygen atoms in total. The number of rotatable bonds is 21. The van der Waals surface area contributed by atoms with Crippen LogP contribution in [0.4, 0.5) is 0 Å². The number of carbonyl (C=O) groups is 2. The number of para-hydroxylation sites is 1. The van der Waals surface area contributed by atoms with E-state index in [9.17, 15) is 9.59 Å². The number of aromatic amines is 1. The van der Waals surface area contributed by atoms with Crippen molar-refractivity contribution >= 4 is 22.7 Å². The summed E-state index contributed by atoms with van der Waals surface area (Å²) in [6.45, 7) is 2.91. The van der Waals surface area contributed by atoms with Gasteiger partial charge in [0.2, 0.25) is 5.91 Å². The molecule has 0 unspecified atom stereocenters. The van der Waals surface area contributed by atoms with Crippen molar-refractivity contribution < 1.29 is 14.1 Å². The molecule has 6 heteroatoms. The highest BCUT2D eigenvalue weighted by Crippen LogP contribution is 2.22. The van der Waals surface area contributed by atoms with E-state index in [1.807, 2.05) is 69.8 Å². The molecule has 1 aromatic heterocycles. The van der Waals surface area contributed by atoms with Crippen molar-refractivity contribution in [2.45, 2.75) is 109 Å². The summed E-state index contributed by atoms with van der Waals surface area (Å²) in [7, 11) is 6.12. The number of nitrogens with one attached hydrogen (secondary N) is 3. The van der Waals surface area contributed by atoms with E-state index in [1.165, 1.54) is 64.2 Å². The van der Waals surface area contributed by atoms with Crippen molar-refractivity contribution in [3.05, 3.63) is 71.9 Å². The summed E-state index contributed by atoms with van der Waals surface area (Å²) in [6, 6.07) is 17.2. The van der Waals surface area contributed by atoms with Crippen molar-refractivity contribution in [2.75, 3.05) is 27.7 Å². The van der Waals surface area contributed by atoms with E-state index >= 15 is 0 Å². The second kappa shape index (κ2) is 18.5. The fourth-order valence-corrected chi connectivity index (χ4v) is 5.85. The molecular weight excluding hydrogens is 532 g/mol. The summed E-state index contributed by atoms with van der Waals surface area (Å²) in [4.78, 5) is 30.6. The zero-order valence-electron chi connectivity index (χ0n) is 27.3. The monoisotopic (exact) mass is 589 g/mol. The van der Waals surface area contributed by atoms with Crippen LogP contribution >= 0.6 is 0 Å². The number of nitrogens with zero attached hydrogens (tertiary/aromatic N) is 1. The number of hydrogen-bond donors (Lipinski definition) is 3. The van der Waals surface area contributed by atoms with Crippen LogP contribution in [-0.2, 0) is 22.4 Å². The molecule has 3 rings (SSSR count). The van der Waals surface area contributed by atoms with E-state index < -0.39 is 6.04 Å². The summed E-state index contributed by atoms with van der Waals surface area (Å²) in [5.41, 5.74) is 3.21. The molecule has 3 aromatic rings. The van der Waals surface area contributed by atoms with E-state index in [0.29, 0.717) is 23.9 Å². The highest BCUT2D eigenvalue weighted by atomic mass is 16.2. The van der Waals surface area contributed by atoms with Crippen LogP contribution in [0.3, 0.4) is 0 Å². The molecule has 2 atom stereocenters. The second-order valence-corrected chi connectivity index (χ2v) is 13.1. The molecule has 0 fully saturated rings. The molecule has 0 saturated carbocycles. The number of amides is 2. The molecule has 0 aliphatic rings. The Balaban J connectivity index is 1.50. The lowest BCUT2D eigenvalue weighted by molar-refractivity contribution is -0.886. The van der Waals surface area contributed by atoms with Crippen LogP contribution in [0.2, 0.25) is 0 Å². The van der Waals surface area contributed by atoms with Crippen LogP contribution in [0.5, 0.6) is 0 Å². The van der Waals surface area contributed by atoms with Crippen LogP contribution in [0.1, 0.15) is 95.1 Å². The van der Waals surface area contributed by atoms with Gasteiger partial charge in [0.25, 0.3) is 5.91 Å². The van der Waals surface area contributed by atoms with Crippen LogP contribution in [0, 0.1) is 0 Å². The van der Waals surface area contributed by atoms with Crippen molar-refractivity contribution in [1.29, 1.82) is 0 Å². The van der Waals surface area contributed by atoms with Crippen molar-refractivity contribution in [3.63, 3.8) is 0 Å². The molecule has 2 amide bonds. The van der Waals surface area contributed by atoms with Crippen LogP contribution in [0.15, 0.2) is 60.8 Å². The second-order valence-electron chi connectivity index (χ2n) is 13.1. The van der Waals surface area contributed by atoms with Gasteiger partial charge in [0.05, 0.1) is 21.1 Å². The molecule has 3 N–H and O–H groups in total. The Morgan fingerprint density at radius 3 is 1.93 bits per heavy atom. The van der Waals surface area contributed by atoms with Crippen molar-refractivity contribution in [1.82, 2.24) is 15.6 Å². The minimum Gasteiger partial charge on any atom is -0.361 e. The number of H-pyrrole nitrogens is 1. The average Bonchev–Trinajstić information content (AvgIpc) is 3.40. The normalized spacial score (nSPS) is 13.1. The van der Waals surface area contributed by atoms with Gasteiger partial charge < -0.3 is 20.1 Å². The highest BCUT2D eigenvalue weighted by Gasteiger charge is 2.35. The summed E-state index contributed by atoms with van der Waals surface area (Å²) in [5.74, 6) is -0.202. The van der Waals surface area contributed by atoms with E-state index in [4.69, 9.17) is 0 Å². The first-order chi connectivity index (χ1) is 20.8. The van der Waals surface area contributed by atoms with Crippen molar-refractivity contribution in [2.24, 2.45) is 0 Å². The maximum atomic E-state index is 13.8. The molecule has 0 saturated heterocycles. The summed E-state index contributed by atoms with van der Waals surface area (Å²) in [6.07, 6.45) is 18.5. The standard InChI is InChI=1S/C37H56N4O2/c1-5-6-7-8-9-10-11-12-13-14-15-21-26-38-36(42)34(27-30-22-17-16-18-23-30)40-37(43)35(41(2,3)4)28-31-29-39-33-25-20-19-24-32(31)33/h16-20,22-25,29,34-35,39H,5-15,21,26-28H2,1-4H3,(H-,38,40,42,43)/p+1/t34-,35-/m0/s1. The molecule has 1 heterocycles. The Morgan fingerprint density at radius 1 is 0.721 bits per heavy atom. The number of unbranched alkanes of at least 4 members (excludes halogenated alkanes) is 11. The number of fused-ring (bicyclic) bond motifs is 1. The van der Waals surface area contributed by atoms with Gasteiger partial charge in [-0.1, -0.05) is 126 Å². The van der Waals surface area contributed by atoms with E-state index in [0.717, 1.165) is 34.9 Å². The van der Waals surface area contributed by atoms with E-state index in [-0.39, 0.29) is 17.9 Å². The lowest BCUT2D eigenvalue weighted by atomic mass is 10.0. The minimum absolute atomic E-state index is 0.0979. The topological polar surface area (TPSA) is 74.0 Å². The van der Waals surface area contributed by atoms with Gasteiger partial charge in [0, 0.05) is 36.5 Å². The predicted octanol–water partition coefficient (Wildman–Crippen LogP) is 7.33. The average molecular weight is 590 g/mol. The Hall–Kier alpha value is -3.12. The van der Waals surface area contributed by atoms with Crippen molar-refractivity contribution in [3.8, 4) is 0 Å². The molecule has 0 radical (unpaired) electrons. The Bertz CT molecular complexity index is 1210. The first-order valence-corrected chi connectivity index (χ1v) is 16.8. The van der Waals surface area contributed by atoms with Crippen LogP contribution in [-0.4, -0.2) is 61.1 Å². The van der Waals surface area contributed by atoms with Crippen LogP contribution in [0.25, 0.3) is 10.9 Å². The largest absolute Gasteiger partial charge is 0.361 e. The van der Waals surface area contributed by atoms with Crippen LogP contribution < -0.4 is 10.6 Å². The van der Waals surface area contributed by atoms with E-state index in [2.05, 4.69) is 34.7 Å². The molecule has 0 aliphatic heterocycles. The number of aromatic nitrogens is 1. The highest BCUT2D eigenvalue weighted by molar-refractivity contribution is 5.90. The van der Waals surface area contributed by atoms with Gasteiger partial charge in [-0.3, -0.25) is 9.59 Å². The summed E-state index contributed by atoms with van der Waals surface area (Å²) in [5, 5.41) is 7.41. The third-order valence-electron chi connectivity index (χ3n) is 8.57. The lowest BCUT2D eigenvalue weighted by Crippen LogP contribution is -2.59. The predicted molar refractivity (Wildman–Crippen MR) is 180 cm³/mol. The van der Waals surface area contributed by atoms with Gasteiger partial charge in [-0.05, 0) is 23.6 Å². The van der Waals surface area contributed by atoms with Gasteiger partial charge in [-0.15, -0.1) is 0 Å². The van der Waals surface area contributed by atoms with Gasteiger partial charge in [0.1, 0.15) is 6.04 Å². The third-order valence-corrected chi connectivity index (χ3v) is 8.57. The molecule has 2 aromatic carbocycles. The third kappa shape index (κ3) is 12.2. The zero-order valence-corrected chi connectivity index (χ0v) is 27.3. The van der Waals surface area contributed by atoms with Gasteiger partial charge in [0.15, 0.2) is 6.04 Å². The number of hydrogen-bond acceptors (Lipinski definition) is 2. The maximum Gasteiger partial charge on any atom is 0.279 e. The van der Waals surface area contributed by atoms with Gasteiger partial charge in [-0.25, -0.2) is 0 Å². The molecule has 43 heavy (non-hydrogen) atoms. The summed E-state index contributed by atoms with van der Waals surface area (Å²) < 4.78 is 0.462. The first kappa shape index (κ1) is 34.4. The summed E-state index contributed by atoms with van der Waals surface area (Å²) >= 11 is 0. The quantitative estimate of drug-likeness (QED) is 0.0899. The fraction of sp³-hybridized carbons (Fsp3) is 0.568. The van der Waals surface area contributed by atoms with Gasteiger partial charge >= 0.3 is 0 Å². The smallest absolute Gasteiger partial charge is 0.279 e. The maximum absolute atomic E-state index is 13.8. The molecule has 236 valence electrons. The lowest BCUT2D eigenvalue weighted by Gasteiger charge is -2.34. The number of benzene rings is 2. The number of carbonyl (C=O) groups excluding carboxylic acids is 2. The van der Waals surface area contributed by atoms with E-state index in [1.54, 1.807) is 0 Å². The SMILES string of the molecule is CCCCCCCCCCCCCCNC(=O)[C@H](Cc1ccccc1)NC(=O)[C@H](Cc1c[nH]c2ccccc12)[N+](C)(C)C.